The average molecular weight is 527 g/mol. The van der Waals surface area contributed by atoms with Crippen LogP contribution in [0, 0.1) is 11.6 Å². The van der Waals surface area contributed by atoms with Crippen molar-refractivity contribution in [2.24, 2.45) is 5.73 Å². The molecule has 10 nitrogen and oxygen atoms in total. The van der Waals surface area contributed by atoms with Gasteiger partial charge >= 0.3 is 6.09 Å². The lowest BCUT2D eigenvalue weighted by Crippen LogP contribution is -2.63. The highest BCUT2D eigenvalue weighted by Gasteiger charge is 2.41. The summed E-state index contributed by atoms with van der Waals surface area (Å²) in [6.45, 7) is 7.63. The normalized spacial score (nSPS) is 15.4. The van der Waals surface area contributed by atoms with E-state index in [-0.39, 0.29) is 23.6 Å². The summed E-state index contributed by atoms with van der Waals surface area (Å²) < 4.78 is 39.2. The van der Waals surface area contributed by atoms with Crippen molar-refractivity contribution < 1.29 is 27.8 Å². The molecule has 3 N–H and O–H groups in total. The summed E-state index contributed by atoms with van der Waals surface area (Å²) >= 11 is 0. The van der Waals surface area contributed by atoms with Gasteiger partial charge in [-0.15, -0.1) is 5.10 Å². The Morgan fingerprint density at radius 2 is 1.74 bits per heavy atom. The highest BCUT2D eigenvalue weighted by atomic mass is 19.2. The van der Waals surface area contributed by atoms with Gasteiger partial charge in [0.25, 0.3) is 5.91 Å². The maximum atomic E-state index is 13.5. The zero-order valence-electron chi connectivity index (χ0n) is 21.2. The Kier molecular flexibility index (Phi) is 6.33. The predicted octanol–water partition coefficient (Wildman–Crippen LogP) is 3.89. The SMILES string of the molecule is CC(C)(C)OC(=O)N1CC(N2CCNc3c2nn(-c2ccc(Oc4ccc(F)c(F)c4)cc2)c3C(N)=O)C1. The van der Waals surface area contributed by atoms with Gasteiger partial charge in [-0.25, -0.2) is 18.3 Å². The number of nitrogens with zero attached hydrogens (tertiary/aromatic N) is 4. The van der Waals surface area contributed by atoms with Crippen molar-refractivity contribution in [3.05, 3.63) is 59.8 Å². The number of halogens is 2. The van der Waals surface area contributed by atoms with Gasteiger partial charge in [-0.3, -0.25) is 4.79 Å². The second kappa shape index (κ2) is 9.51. The van der Waals surface area contributed by atoms with Crippen LogP contribution in [-0.4, -0.2) is 64.5 Å². The summed E-state index contributed by atoms with van der Waals surface area (Å²) in [6.07, 6.45) is -0.363. The van der Waals surface area contributed by atoms with E-state index in [4.69, 9.17) is 20.3 Å². The Balaban J connectivity index is 1.36. The molecule has 0 spiro atoms. The van der Waals surface area contributed by atoms with Gasteiger partial charge in [0, 0.05) is 32.2 Å². The van der Waals surface area contributed by atoms with Gasteiger partial charge in [0.1, 0.15) is 22.8 Å². The van der Waals surface area contributed by atoms with Gasteiger partial charge in [0.05, 0.1) is 11.7 Å². The minimum Gasteiger partial charge on any atom is -0.457 e. The second-order valence-corrected chi connectivity index (χ2v) is 10.2. The van der Waals surface area contributed by atoms with E-state index in [0.29, 0.717) is 49.1 Å². The van der Waals surface area contributed by atoms with Gasteiger partial charge in [0.2, 0.25) is 0 Å². The van der Waals surface area contributed by atoms with Crippen molar-refractivity contribution in [1.82, 2.24) is 14.7 Å². The van der Waals surface area contributed by atoms with Crippen LogP contribution in [0.2, 0.25) is 0 Å². The molecule has 5 rings (SSSR count). The van der Waals surface area contributed by atoms with E-state index in [2.05, 4.69) is 10.2 Å². The van der Waals surface area contributed by atoms with Crippen LogP contribution in [0.1, 0.15) is 31.3 Å². The van der Waals surface area contributed by atoms with E-state index in [1.165, 1.54) is 10.7 Å². The Labute approximate surface area is 217 Å². The summed E-state index contributed by atoms with van der Waals surface area (Å²) in [5, 5.41) is 7.94. The van der Waals surface area contributed by atoms with Gasteiger partial charge in [-0.1, -0.05) is 0 Å². The number of rotatable bonds is 5. The number of benzene rings is 2. The molecular formula is C26H28F2N6O4. The molecule has 1 aromatic heterocycles. The summed E-state index contributed by atoms with van der Waals surface area (Å²) in [5.74, 6) is -1.53. The first-order valence-electron chi connectivity index (χ1n) is 12.1. The molecular weight excluding hydrogens is 498 g/mol. The highest BCUT2D eigenvalue weighted by molar-refractivity contribution is 6.00. The van der Waals surface area contributed by atoms with Crippen LogP contribution >= 0.6 is 0 Å². The number of amides is 2. The van der Waals surface area contributed by atoms with Gasteiger partial charge in [-0.05, 0) is 57.2 Å². The first kappa shape index (κ1) is 25.3. The minimum absolute atomic E-state index is 0.0133. The molecule has 3 heterocycles. The quantitative estimate of drug-likeness (QED) is 0.518. The smallest absolute Gasteiger partial charge is 0.410 e. The van der Waals surface area contributed by atoms with Crippen molar-refractivity contribution in [2.75, 3.05) is 36.4 Å². The van der Waals surface area contributed by atoms with Crippen molar-refractivity contribution in [2.45, 2.75) is 32.4 Å². The van der Waals surface area contributed by atoms with Crippen LogP contribution in [0.3, 0.4) is 0 Å². The molecule has 2 amide bonds. The third kappa shape index (κ3) is 4.93. The summed E-state index contributed by atoms with van der Waals surface area (Å²) in [6, 6.07) is 9.88. The molecule has 200 valence electrons. The standard InChI is InChI=1S/C26H28F2N6O4/c1-26(2,3)38-25(36)32-13-16(14-32)33-11-10-30-21-22(23(29)35)34(31-24(21)33)15-4-6-17(7-5-15)37-18-8-9-19(27)20(28)12-18/h4-9,12,16,30H,10-11,13-14H2,1-3H3,(H2,29,35). The number of aromatic nitrogens is 2. The van der Waals surface area contributed by atoms with Crippen LogP contribution in [0.15, 0.2) is 42.5 Å². The molecule has 1 fully saturated rings. The minimum atomic E-state index is -1.01. The number of carbonyl (C=O) groups excluding carboxylic acids is 2. The third-order valence-electron chi connectivity index (χ3n) is 6.19. The first-order chi connectivity index (χ1) is 18.0. The summed E-state index contributed by atoms with van der Waals surface area (Å²) in [5.41, 5.74) is 6.45. The Morgan fingerprint density at radius 3 is 2.37 bits per heavy atom. The number of likely N-dealkylation sites (tertiary alicyclic amines) is 1. The van der Waals surface area contributed by atoms with Crippen molar-refractivity contribution in [1.29, 1.82) is 0 Å². The molecule has 0 aliphatic carbocycles. The number of nitrogens with one attached hydrogen (secondary N) is 1. The molecule has 2 aliphatic heterocycles. The summed E-state index contributed by atoms with van der Waals surface area (Å²) in [7, 11) is 0. The fourth-order valence-electron chi connectivity index (χ4n) is 4.41. The largest absolute Gasteiger partial charge is 0.457 e. The van der Waals surface area contributed by atoms with Gasteiger partial charge in [-0.2, -0.15) is 0 Å². The van der Waals surface area contributed by atoms with E-state index in [1.807, 2.05) is 20.8 Å². The lowest BCUT2D eigenvalue weighted by atomic mass is 10.1. The Bertz CT molecular complexity index is 1380. The zero-order chi connectivity index (χ0) is 27.2. The maximum Gasteiger partial charge on any atom is 0.410 e. The topological polar surface area (TPSA) is 115 Å². The molecule has 0 radical (unpaired) electrons. The van der Waals surface area contributed by atoms with Gasteiger partial charge < -0.3 is 30.3 Å². The van der Waals surface area contributed by atoms with E-state index >= 15 is 0 Å². The number of hydrogen-bond donors (Lipinski definition) is 2. The zero-order valence-corrected chi connectivity index (χ0v) is 21.2. The molecule has 0 bridgehead atoms. The number of anilines is 2. The van der Waals surface area contributed by atoms with E-state index in [9.17, 15) is 18.4 Å². The van der Waals surface area contributed by atoms with E-state index in [0.717, 1.165) is 12.1 Å². The van der Waals surface area contributed by atoms with Crippen molar-refractivity contribution in [3.63, 3.8) is 0 Å². The van der Waals surface area contributed by atoms with Crippen LogP contribution in [0.5, 0.6) is 11.5 Å². The Hall–Kier alpha value is -4.35. The number of fused-ring (bicyclic) bond motifs is 1. The fraction of sp³-hybridized carbons (Fsp3) is 0.346. The molecule has 3 aromatic rings. The van der Waals surface area contributed by atoms with E-state index < -0.39 is 23.1 Å². The number of ether oxygens (including phenoxy) is 2. The van der Waals surface area contributed by atoms with Crippen molar-refractivity contribution in [3.8, 4) is 17.2 Å². The third-order valence-corrected chi connectivity index (χ3v) is 6.19. The van der Waals surface area contributed by atoms with Crippen molar-refractivity contribution >= 4 is 23.5 Å². The predicted molar refractivity (Wildman–Crippen MR) is 136 cm³/mol. The lowest BCUT2D eigenvalue weighted by Gasteiger charge is -2.46. The number of nitrogens with two attached hydrogens (primary N) is 1. The summed E-state index contributed by atoms with van der Waals surface area (Å²) in [4.78, 5) is 28.5. The first-order valence-corrected chi connectivity index (χ1v) is 12.1. The Morgan fingerprint density at radius 1 is 1.05 bits per heavy atom. The number of carbonyl (C=O) groups is 2. The number of hydrogen-bond acceptors (Lipinski definition) is 7. The molecule has 0 unspecified atom stereocenters. The monoisotopic (exact) mass is 526 g/mol. The molecule has 2 aliphatic rings. The molecule has 0 saturated carbocycles. The maximum absolute atomic E-state index is 13.5. The number of primary amides is 1. The van der Waals surface area contributed by atoms with Crippen LogP contribution < -0.4 is 20.7 Å². The van der Waals surface area contributed by atoms with Crippen LogP contribution in [0.4, 0.5) is 25.1 Å². The average Bonchev–Trinajstić information content (AvgIpc) is 3.20. The molecule has 38 heavy (non-hydrogen) atoms. The molecule has 2 aromatic carbocycles. The lowest BCUT2D eigenvalue weighted by molar-refractivity contribution is 0.00807. The van der Waals surface area contributed by atoms with E-state index in [1.54, 1.807) is 29.2 Å². The molecule has 0 atom stereocenters. The van der Waals surface area contributed by atoms with Gasteiger partial charge in [0.15, 0.2) is 23.1 Å². The van der Waals surface area contributed by atoms with Crippen LogP contribution in [0.25, 0.3) is 5.69 Å². The molecule has 12 heteroatoms. The highest BCUT2D eigenvalue weighted by Crippen LogP contribution is 2.36. The second-order valence-electron chi connectivity index (χ2n) is 10.2. The fourth-order valence-corrected chi connectivity index (χ4v) is 4.41. The molecule has 1 saturated heterocycles. The van der Waals surface area contributed by atoms with Crippen LogP contribution in [-0.2, 0) is 4.74 Å².